The zero-order valence-corrected chi connectivity index (χ0v) is 18.0. The van der Waals surface area contributed by atoms with E-state index in [1.165, 1.54) is 12.8 Å². The topological polar surface area (TPSA) is 58.6 Å². The van der Waals surface area contributed by atoms with E-state index >= 15 is 0 Å². The van der Waals surface area contributed by atoms with Gasteiger partial charge in [-0.05, 0) is 38.4 Å². The third-order valence-electron chi connectivity index (χ3n) is 5.13. The van der Waals surface area contributed by atoms with Gasteiger partial charge in [0.05, 0.1) is 27.4 Å². The highest BCUT2D eigenvalue weighted by Crippen LogP contribution is 2.25. The highest BCUT2D eigenvalue weighted by Gasteiger charge is 2.24. The number of aliphatic imine (C=N–C) groups is 1. The van der Waals surface area contributed by atoms with Crippen LogP contribution in [0, 0.1) is 0 Å². The molecule has 0 radical (unpaired) electrons. The number of benzene rings is 1. The lowest BCUT2D eigenvalue weighted by atomic mass is 10.2. The first-order valence-corrected chi connectivity index (χ1v) is 10.1. The average Bonchev–Trinajstić information content (AvgIpc) is 3.16. The van der Waals surface area contributed by atoms with Crippen LogP contribution in [0.2, 0.25) is 0 Å². The maximum absolute atomic E-state index is 5.54. The van der Waals surface area contributed by atoms with Crippen LogP contribution >= 0.6 is 0 Å². The summed E-state index contributed by atoms with van der Waals surface area (Å²) < 4.78 is 16.1. The molecule has 1 aliphatic heterocycles. The minimum atomic E-state index is 0.493. The van der Waals surface area contributed by atoms with Crippen LogP contribution in [0.4, 0.5) is 0 Å². The Bertz CT molecular complexity index is 624. The standard InChI is InChI=1S/C21H36N4O3/c1-6-22-21(23-15-18-8-7-11-25(18)12-13-26-3)24(2)16-17-9-10-19(27-4)14-20(17)28-5/h9-10,14,18H,6-8,11-13,15-16H2,1-5H3,(H,22,23). The molecule has 1 unspecified atom stereocenters. The summed E-state index contributed by atoms with van der Waals surface area (Å²) in [5.74, 6) is 2.53. The van der Waals surface area contributed by atoms with Crippen LogP contribution in [0.15, 0.2) is 23.2 Å². The van der Waals surface area contributed by atoms with Gasteiger partial charge in [-0.15, -0.1) is 0 Å². The number of ether oxygens (including phenoxy) is 3. The number of guanidine groups is 1. The van der Waals surface area contributed by atoms with Gasteiger partial charge in [-0.2, -0.15) is 0 Å². The first kappa shape index (κ1) is 22.3. The van der Waals surface area contributed by atoms with Crippen molar-refractivity contribution in [3.8, 4) is 11.5 Å². The lowest BCUT2D eigenvalue weighted by Crippen LogP contribution is -2.40. The predicted molar refractivity (Wildman–Crippen MR) is 113 cm³/mol. The SMILES string of the molecule is CCNC(=NCC1CCCN1CCOC)N(C)Cc1ccc(OC)cc1OC. The molecule has 0 spiro atoms. The fourth-order valence-corrected chi connectivity index (χ4v) is 3.58. The van der Waals surface area contributed by atoms with E-state index in [-0.39, 0.29) is 0 Å². The van der Waals surface area contributed by atoms with Crippen molar-refractivity contribution in [2.75, 3.05) is 61.2 Å². The maximum atomic E-state index is 5.54. The van der Waals surface area contributed by atoms with E-state index in [2.05, 4.69) is 29.1 Å². The van der Waals surface area contributed by atoms with E-state index in [9.17, 15) is 0 Å². The van der Waals surface area contributed by atoms with Crippen molar-refractivity contribution in [2.45, 2.75) is 32.4 Å². The molecule has 0 saturated carbocycles. The van der Waals surface area contributed by atoms with Crippen LogP contribution < -0.4 is 14.8 Å². The third-order valence-corrected chi connectivity index (χ3v) is 5.13. The molecule has 28 heavy (non-hydrogen) atoms. The summed E-state index contributed by atoms with van der Waals surface area (Å²) in [7, 11) is 7.17. The van der Waals surface area contributed by atoms with E-state index in [0.29, 0.717) is 12.6 Å². The van der Waals surface area contributed by atoms with Gasteiger partial charge in [0.15, 0.2) is 5.96 Å². The monoisotopic (exact) mass is 392 g/mol. The van der Waals surface area contributed by atoms with E-state index in [4.69, 9.17) is 19.2 Å². The van der Waals surface area contributed by atoms with Crippen molar-refractivity contribution in [1.82, 2.24) is 15.1 Å². The first-order valence-electron chi connectivity index (χ1n) is 10.1. The second-order valence-electron chi connectivity index (χ2n) is 7.05. The molecule has 1 aromatic carbocycles. The molecule has 7 nitrogen and oxygen atoms in total. The van der Waals surface area contributed by atoms with Crippen LogP contribution in [0.25, 0.3) is 0 Å². The molecule has 7 heteroatoms. The number of rotatable bonds is 10. The summed E-state index contributed by atoms with van der Waals surface area (Å²) in [6, 6.07) is 6.41. The van der Waals surface area contributed by atoms with Crippen LogP contribution in [0.3, 0.4) is 0 Å². The van der Waals surface area contributed by atoms with Crippen molar-refractivity contribution in [2.24, 2.45) is 4.99 Å². The molecule has 1 heterocycles. The van der Waals surface area contributed by atoms with E-state index in [0.717, 1.165) is 55.8 Å². The number of methoxy groups -OCH3 is 3. The molecule has 1 aliphatic rings. The summed E-state index contributed by atoms with van der Waals surface area (Å²) in [4.78, 5) is 9.55. The molecule has 0 aromatic heterocycles. The zero-order chi connectivity index (χ0) is 20.4. The fourth-order valence-electron chi connectivity index (χ4n) is 3.58. The van der Waals surface area contributed by atoms with Gasteiger partial charge in [-0.25, -0.2) is 0 Å². The van der Waals surface area contributed by atoms with Crippen LogP contribution in [-0.2, 0) is 11.3 Å². The van der Waals surface area contributed by atoms with Gasteiger partial charge < -0.3 is 24.4 Å². The number of nitrogens with one attached hydrogen (secondary N) is 1. The van der Waals surface area contributed by atoms with Crippen LogP contribution in [-0.4, -0.2) is 83.0 Å². The van der Waals surface area contributed by atoms with Crippen molar-refractivity contribution in [3.63, 3.8) is 0 Å². The van der Waals surface area contributed by atoms with Crippen LogP contribution in [0.5, 0.6) is 11.5 Å². The minimum Gasteiger partial charge on any atom is -0.497 e. The van der Waals surface area contributed by atoms with Gasteiger partial charge >= 0.3 is 0 Å². The van der Waals surface area contributed by atoms with Gasteiger partial charge in [0.2, 0.25) is 0 Å². The molecule has 1 atom stereocenters. The first-order chi connectivity index (χ1) is 13.6. The Morgan fingerprint density at radius 1 is 1.29 bits per heavy atom. The summed E-state index contributed by atoms with van der Waals surface area (Å²) in [6.07, 6.45) is 2.43. The number of likely N-dealkylation sites (tertiary alicyclic amines) is 1. The molecule has 0 bridgehead atoms. The third kappa shape index (κ3) is 6.27. The van der Waals surface area contributed by atoms with E-state index < -0.39 is 0 Å². The van der Waals surface area contributed by atoms with Crippen molar-refractivity contribution in [1.29, 1.82) is 0 Å². The molecular formula is C21H36N4O3. The van der Waals surface area contributed by atoms with E-state index in [1.807, 2.05) is 18.2 Å². The fraction of sp³-hybridized carbons (Fsp3) is 0.667. The largest absolute Gasteiger partial charge is 0.497 e. The predicted octanol–water partition coefficient (Wildman–Crippen LogP) is 2.21. The highest BCUT2D eigenvalue weighted by molar-refractivity contribution is 5.79. The summed E-state index contributed by atoms with van der Waals surface area (Å²) in [5.41, 5.74) is 1.10. The number of hydrogen-bond donors (Lipinski definition) is 1. The molecule has 1 fully saturated rings. The number of nitrogens with zero attached hydrogens (tertiary/aromatic N) is 3. The summed E-state index contributed by atoms with van der Waals surface area (Å²) in [6.45, 7) is 7.33. The summed E-state index contributed by atoms with van der Waals surface area (Å²) >= 11 is 0. The Balaban J connectivity index is 2.04. The zero-order valence-electron chi connectivity index (χ0n) is 18.0. The van der Waals surface area contributed by atoms with Crippen LogP contribution in [0.1, 0.15) is 25.3 Å². The smallest absolute Gasteiger partial charge is 0.194 e. The summed E-state index contributed by atoms with van der Waals surface area (Å²) in [5, 5.41) is 3.41. The normalized spacial score (nSPS) is 17.6. The Kier molecular flexibility index (Phi) is 9.37. The molecular weight excluding hydrogens is 356 g/mol. The minimum absolute atomic E-state index is 0.493. The van der Waals surface area contributed by atoms with Crippen molar-refractivity contribution in [3.05, 3.63) is 23.8 Å². The number of hydrogen-bond acceptors (Lipinski definition) is 5. The molecule has 0 aliphatic carbocycles. The lowest BCUT2D eigenvalue weighted by Gasteiger charge is -2.26. The Labute approximate surface area is 169 Å². The van der Waals surface area contributed by atoms with Gasteiger partial charge in [0.1, 0.15) is 11.5 Å². The average molecular weight is 393 g/mol. The van der Waals surface area contributed by atoms with Gasteiger partial charge in [-0.3, -0.25) is 9.89 Å². The quantitative estimate of drug-likeness (QED) is 0.487. The Morgan fingerprint density at radius 3 is 2.79 bits per heavy atom. The van der Waals surface area contributed by atoms with E-state index in [1.54, 1.807) is 21.3 Å². The lowest BCUT2D eigenvalue weighted by molar-refractivity contribution is 0.142. The molecule has 0 amide bonds. The molecule has 1 aromatic rings. The Hall–Kier alpha value is -1.99. The second kappa shape index (κ2) is 11.8. The van der Waals surface area contributed by atoms with Crippen molar-refractivity contribution < 1.29 is 14.2 Å². The molecule has 1 N–H and O–H groups in total. The second-order valence-corrected chi connectivity index (χ2v) is 7.05. The van der Waals surface area contributed by atoms with Crippen molar-refractivity contribution >= 4 is 5.96 Å². The molecule has 1 saturated heterocycles. The highest BCUT2D eigenvalue weighted by atomic mass is 16.5. The maximum Gasteiger partial charge on any atom is 0.194 e. The van der Waals surface area contributed by atoms with Gasteiger partial charge in [0, 0.05) is 51.5 Å². The molecule has 158 valence electrons. The van der Waals surface area contributed by atoms with Gasteiger partial charge in [0.25, 0.3) is 0 Å². The molecule has 2 rings (SSSR count). The van der Waals surface area contributed by atoms with Gasteiger partial charge in [-0.1, -0.05) is 0 Å². The Morgan fingerprint density at radius 2 is 2.11 bits per heavy atom.